The van der Waals surface area contributed by atoms with Gasteiger partial charge in [-0.1, -0.05) is 0 Å². The van der Waals surface area contributed by atoms with Gasteiger partial charge in [-0.25, -0.2) is 0 Å². The molecule has 0 bridgehead atoms. The molecule has 9 heteroatoms. The van der Waals surface area contributed by atoms with E-state index in [2.05, 4.69) is 9.45 Å². The Morgan fingerprint density at radius 3 is 2.53 bits per heavy atom. The summed E-state index contributed by atoms with van der Waals surface area (Å²) in [4.78, 5) is 9.41. The van der Waals surface area contributed by atoms with Gasteiger partial charge in [0.25, 0.3) is 0 Å². The second-order valence-corrected chi connectivity index (χ2v) is 8.98. The molecule has 1 unspecified atom stereocenters. The number of rotatable bonds is 9. The Morgan fingerprint density at radius 1 is 1.47 bits per heavy atom. The van der Waals surface area contributed by atoms with Gasteiger partial charge in [-0.05, 0) is 0 Å². The van der Waals surface area contributed by atoms with Crippen molar-refractivity contribution in [3.8, 4) is 0 Å². The molecule has 17 heavy (non-hydrogen) atoms. The first-order valence-electron chi connectivity index (χ1n) is 5.00. The molecule has 4 N–H and O–H groups in total. The second-order valence-electron chi connectivity index (χ2n) is 3.89. The molecule has 0 saturated heterocycles. The summed E-state index contributed by atoms with van der Waals surface area (Å²) in [5.74, 6) is 0. The quantitative estimate of drug-likeness (QED) is 0.138. The summed E-state index contributed by atoms with van der Waals surface area (Å²) in [6.07, 6.45) is -1.13. The average Bonchev–Trinajstić information content (AvgIpc) is 2.25. The summed E-state index contributed by atoms with van der Waals surface area (Å²) in [6.45, 7) is -0.0183. The molecule has 106 valence electrons. The third-order valence-electron chi connectivity index (χ3n) is 1.99. The van der Waals surface area contributed by atoms with Crippen molar-refractivity contribution in [3.63, 3.8) is 0 Å². The first-order valence-corrected chi connectivity index (χ1v) is 9.66. The van der Waals surface area contributed by atoms with Crippen molar-refractivity contribution >= 4 is 7.82 Å². The van der Waals surface area contributed by atoms with E-state index >= 15 is 0 Å². The Labute approximate surface area is 112 Å². The van der Waals surface area contributed by atoms with Gasteiger partial charge in [-0.3, -0.25) is 0 Å². The summed E-state index contributed by atoms with van der Waals surface area (Å²) in [7, 11) is 0.212. The molecule has 0 aliphatic carbocycles. The number of alkyl halides is 1. The standard InChI is InChI=1S/C8H21INO6P/c1-9-10(2,3)4-5-15-17(13,14)16-7-8(12)6-11/h8,11-12H,4-7H2,1-3H3,(H,13,14)/p+1/t8-/m1/s1. The summed E-state index contributed by atoms with van der Waals surface area (Å²) >= 11 is -0.0171. The predicted molar refractivity (Wildman–Crippen MR) is 59.1 cm³/mol. The molecule has 0 rings (SSSR count). The number of halogens is 1. The molecule has 0 aromatic rings. The van der Waals surface area contributed by atoms with E-state index in [-0.39, 0.29) is 34.7 Å². The van der Waals surface area contributed by atoms with Gasteiger partial charge in [0.15, 0.2) is 0 Å². The number of quaternary nitrogens is 1. The van der Waals surface area contributed by atoms with Crippen molar-refractivity contribution in [3.05, 3.63) is 0 Å². The number of aliphatic hydroxyl groups is 2. The predicted octanol–water partition coefficient (Wildman–Crippen LogP) is -4.08. The van der Waals surface area contributed by atoms with Crippen molar-refractivity contribution in [1.29, 1.82) is 0 Å². The van der Waals surface area contributed by atoms with E-state index in [0.29, 0.717) is 6.54 Å². The van der Waals surface area contributed by atoms with Gasteiger partial charge in [-0.2, -0.15) is 0 Å². The second kappa shape index (κ2) is 8.00. The number of hydrogen-bond donors (Lipinski definition) is 2. The topological polar surface area (TPSA) is 98.9 Å². The van der Waals surface area contributed by atoms with Crippen molar-refractivity contribution in [2.45, 2.75) is 6.10 Å². The molecule has 2 atom stereocenters. The van der Waals surface area contributed by atoms with Gasteiger partial charge in [-0.15, -0.1) is 0 Å². The number of aliphatic hydroxyl groups excluding tert-OH is 2. The molecular formula is C8H22INO6P+. The van der Waals surface area contributed by atoms with Gasteiger partial charge in [0.05, 0.1) is 0 Å². The monoisotopic (exact) mass is 386 g/mol. The fourth-order valence-corrected chi connectivity index (χ4v) is 2.18. The van der Waals surface area contributed by atoms with Crippen LogP contribution in [0.4, 0.5) is 0 Å². The van der Waals surface area contributed by atoms with Crippen molar-refractivity contribution in [1.82, 2.24) is 0 Å². The molecule has 0 aliphatic rings. The van der Waals surface area contributed by atoms with E-state index in [1.807, 2.05) is 14.1 Å². The molecular weight excluding hydrogens is 364 g/mol. The molecule has 0 fully saturated rings. The zero-order valence-electron chi connectivity index (χ0n) is 10.3. The molecule has 0 spiro atoms. The van der Waals surface area contributed by atoms with Crippen LogP contribution >= 0.6 is 7.82 Å². The van der Waals surface area contributed by atoms with Crippen LogP contribution in [0.2, 0.25) is 0 Å². The number of nitrogens with zero attached hydrogens (tertiary/aromatic N) is 1. The fraction of sp³-hybridized carbons (Fsp3) is 1.00. The van der Waals surface area contributed by atoms with E-state index in [1.54, 1.807) is 0 Å². The maximum absolute atomic E-state index is 11.4. The van der Waals surface area contributed by atoms with E-state index in [9.17, 15) is 4.57 Å². The third-order valence-corrected chi connectivity index (χ3v) is 6.10. The zero-order valence-corrected chi connectivity index (χ0v) is 13.3. The van der Waals surface area contributed by atoms with E-state index < -0.39 is 20.5 Å². The molecule has 0 heterocycles. The minimum atomic E-state index is -3.88. The van der Waals surface area contributed by atoms with Crippen molar-refractivity contribution in [2.75, 3.05) is 45.4 Å². The van der Waals surface area contributed by atoms with Crippen LogP contribution in [0, 0.1) is 0 Å². The molecule has 0 radical (unpaired) electrons. The summed E-state index contributed by atoms with van der Waals surface area (Å²) in [5.41, 5.74) is 0. The Hall–Kier alpha value is 0.720. The van der Waals surface area contributed by atoms with Crippen LogP contribution in [0.3, 0.4) is 0 Å². The zero-order chi connectivity index (χ0) is 13.5. The van der Waals surface area contributed by atoms with Crippen molar-refractivity contribution < 1.29 is 52.9 Å². The van der Waals surface area contributed by atoms with E-state index in [1.165, 1.54) is 0 Å². The fourth-order valence-electron chi connectivity index (χ4n) is 0.737. The van der Waals surface area contributed by atoms with Crippen LogP contribution in [0.25, 0.3) is 0 Å². The van der Waals surface area contributed by atoms with Gasteiger partial charge in [0.2, 0.25) is 0 Å². The maximum atomic E-state index is 11.4. The van der Waals surface area contributed by atoms with Gasteiger partial charge in [0.1, 0.15) is 0 Å². The Kier molecular flexibility index (Phi) is 8.34. The summed E-state index contributed by atoms with van der Waals surface area (Å²) < 4.78 is 21.7. The first-order chi connectivity index (χ1) is 7.72. The van der Waals surface area contributed by atoms with Gasteiger partial charge < -0.3 is 0 Å². The first kappa shape index (κ1) is 17.7. The van der Waals surface area contributed by atoms with Crippen LogP contribution in [0.5, 0.6) is 0 Å². The van der Waals surface area contributed by atoms with Crippen LogP contribution in [-0.4, -0.2) is 69.3 Å². The van der Waals surface area contributed by atoms with Gasteiger partial charge >= 0.3 is 112 Å². The van der Waals surface area contributed by atoms with E-state index in [4.69, 9.17) is 19.6 Å². The molecule has 0 amide bonds. The average molecular weight is 386 g/mol. The Morgan fingerprint density at radius 2 is 2.06 bits per heavy atom. The summed E-state index contributed by atoms with van der Waals surface area (Å²) in [5, 5.41) is 17.5. The van der Waals surface area contributed by atoms with E-state index in [0.717, 1.165) is 2.70 Å². The molecule has 0 aromatic carbocycles. The third kappa shape index (κ3) is 9.32. The van der Waals surface area contributed by atoms with Gasteiger partial charge in [0, 0.05) is 0 Å². The molecule has 0 aliphatic heterocycles. The van der Waals surface area contributed by atoms with Crippen LogP contribution in [0.1, 0.15) is 0 Å². The normalized spacial score (nSPS) is 18.0. The Balaban J connectivity index is 3.90. The Bertz CT molecular complexity index is 264. The van der Waals surface area contributed by atoms with Crippen LogP contribution < -0.4 is 21.5 Å². The molecule has 0 saturated carbocycles. The van der Waals surface area contributed by atoms with Crippen LogP contribution in [0.15, 0.2) is 0 Å². The SMILES string of the molecule is C[I-][N+](C)(C)CCOP(=O)([OH2+])OC[C@H](O)CO. The van der Waals surface area contributed by atoms with Crippen LogP contribution in [-0.2, 0) is 13.6 Å². The molecule has 7 nitrogen and oxygen atoms in total. The number of likely N-dealkylation sites (N-methyl/N-ethyl adjacent to an activating group) is 1. The minimum absolute atomic E-state index is 0.0171. The molecule has 0 aromatic heterocycles. The number of hydrogen-bond acceptors (Lipinski definition) is 5. The summed E-state index contributed by atoms with van der Waals surface area (Å²) in [6, 6.07) is 0. The van der Waals surface area contributed by atoms with Crippen molar-refractivity contribution in [2.24, 2.45) is 0 Å².